The van der Waals surface area contributed by atoms with Crippen molar-refractivity contribution < 1.29 is 4.79 Å². The number of likely N-dealkylation sites (tertiary alicyclic amines) is 1. The van der Waals surface area contributed by atoms with Crippen LogP contribution in [-0.4, -0.2) is 55.1 Å². The maximum absolute atomic E-state index is 12.5. The average molecular weight is 288 g/mol. The van der Waals surface area contributed by atoms with E-state index in [-0.39, 0.29) is 6.03 Å². The SMILES string of the molecule is Nc1ccccc1N1CCN(CCCN2CCCC2)C1=O. The Hall–Kier alpha value is -1.75. The van der Waals surface area contributed by atoms with Gasteiger partial charge in [-0.25, -0.2) is 4.79 Å². The summed E-state index contributed by atoms with van der Waals surface area (Å²) in [5, 5.41) is 0. The van der Waals surface area contributed by atoms with Crippen LogP contribution in [0.25, 0.3) is 0 Å². The Morgan fingerprint density at radius 3 is 2.52 bits per heavy atom. The third-order valence-electron chi connectivity index (χ3n) is 4.42. The molecule has 0 atom stereocenters. The van der Waals surface area contributed by atoms with E-state index in [4.69, 9.17) is 5.73 Å². The number of carbonyl (C=O) groups excluding carboxylic acids is 1. The first-order valence-corrected chi connectivity index (χ1v) is 7.89. The molecule has 0 bridgehead atoms. The van der Waals surface area contributed by atoms with Crippen LogP contribution in [0.5, 0.6) is 0 Å². The number of hydrogen-bond acceptors (Lipinski definition) is 3. The monoisotopic (exact) mass is 288 g/mol. The summed E-state index contributed by atoms with van der Waals surface area (Å²) in [7, 11) is 0. The van der Waals surface area contributed by atoms with Crippen molar-refractivity contribution in [2.75, 3.05) is 49.9 Å². The third-order valence-corrected chi connectivity index (χ3v) is 4.42. The maximum Gasteiger partial charge on any atom is 0.324 e. The van der Waals surface area contributed by atoms with Gasteiger partial charge in [-0.1, -0.05) is 12.1 Å². The molecule has 5 heteroatoms. The van der Waals surface area contributed by atoms with Crippen molar-refractivity contribution in [3.05, 3.63) is 24.3 Å². The predicted molar refractivity (Wildman–Crippen MR) is 85.5 cm³/mol. The summed E-state index contributed by atoms with van der Waals surface area (Å²) >= 11 is 0. The van der Waals surface area contributed by atoms with Crippen LogP contribution in [0, 0.1) is 0 Å². The highest BCUT2D eigenvalue weighted by atomic mass is 16.2. The highest BCUT2D eigenvalue weighted by Crippen LogP contribution is 2.26. The van der Waals surface area contributed by atoms with E-state index in [1.165, 1.54) is 25.9 Å². The lowest BCUT2D eigenvalue weighted by atomic mass is 10.2. The van der Waals surface area contributed by atoms with Crippen LogP contribution in [0.4, 0.5) is 16.2 Å². The Bertz CT molecular complexity index is 499. The average Bonchev–Trinajstić information content (AvgIpc) is 3.11. The zero-order valence-corrected chi connectivity index (χ0v) is 12.5. The molecule has 0 saturated carbocycles. The number of urea groups is 1. The van der Waals surface area contributed by atoms with E-state index in [2.05, 4.69) is 4.90 Å². The Labute approximate surface area is 126 Å². The van der Waals surface area contributed by atoms with Gasteiger partial charge in [0.2, 0.25) is 0 Å². The van der Waals surface area contributed by atoms with Gasteiger partial charge < -0.3 is 15.5 Å². The van der Waals surface area contributed by atoms with Gasteiger partial charge in [0.25, 0.3) is 0 Å². The first-order valence-electron chi connectivity index (χ1n) is 7.89. The van der Waals surface area contributed by atoms with Crippen LogP contribution >= 0.6 is 0 Å². The standard InChI is InChI=1S/C16H24N4O/c17-14-6-1-2-7-15(14)20-13-12-19(16(20)21)11-5-10-18-8-3-4-9-18/h1-2,6-7H,3-5,8-13,17H2. The van der Waals surface area contributed by atoms with E-state index in [0.717, 1.165) is 38.3 Å². The van der Waals surface area contributed by atoms with E-state index < -0.39 is 0 Å². The van der Waals surface area contributed by atoms with Crippen LogP contribution in [-0.2, 0) is 0 Å². The number of benzene rings is 1. The fourth-order valence-corrected chi connectivity index (χ4v) is 3.24. The van der Waals surface area contributed by atoms with Crippen molar-refractivity contribution in [2.24, 2.45) is 0 Å². The molecule has 0 aliphatic carbocycles. The van der Waals surface area contributed by atoms with Crippen LogP contribution in [0.1, 0.15) is 19.3 Å². The predicted octanol–water partition coefficient (Wildman–Crippen LogP) is 2.00. The molecule has 2 amide bonds. The minimum Gasteiger partial charge on any atom is -0.397 e. The Morgan fingerprint density at radius 2 is 1.76 bits per heavy atom. The lowest BCUT2D eigenvalue weighted by molar-refractivity contribution is 0.216. The second-order valence-corrected chi connectivity index (χ2v) is 5.88. The number of carbonyl (C=O) groups is 1. The molecular formula is C16H24N4O. The number of amides is 2. The van der Waals surface area contributed by atoms with Gasteiger partial charge in [-0.15, -0.1) is 0 Å². The fourth-order valence-electron chi connectivity index (χ4n) is 3.24. The molecule has 2 fully saturated rings. The van der Waals surface area contributed by atoms with Crippen molar-refractivity contribution in [1.82, 2.24) is 9.80 Å². The van der Waals surface area contributed by atoms with Crippen molar-refractivity contribution in [1.29, 1.82) is 0 Å². The number of hydrogen-bond donors (Lipinski definition) is 1. The number of nitrogens with two attached hydrogens (primary N) is 1. The number of para-hydroxylation sites is 2. The first kappa shape index (κ1) is 14.2. The van der Waals surface area contributed by atoms with Crippen LogP contribution in [0.2, 0.25) is 0 Å². The first-order chi connectivity index (χ1) is 10.3. The van der Waals surface area contributed by atoms with Gasteiger partial charge in [-0.05, 0) is 51.0 Å². The summed E-state index contributed by atoms with van der Waals surface area (Å²) < 4.78 is 0. The fraction of sp³-hybridized carbons (Fsp3) is 0.562. The minimum atomic E-state index is 0.0920. The van der Waals surface area contributed by atoms with Crippen LogP contribution in [0.3, 0.4) is 0 Å². The van der Waals surface area contributed by atoms with Gasteiger partial charge in [0.15, 0.2) is 0 Å². The summed E-state index contributed by atoms with van der Waals surface area (Å²) in [6.45, 7) is 5.93. The summed E-state index contributed by atoms with van der Waals surface area (Å²) in [6.07, 6.45) is 3.71. The van der Waals surface area contributed by atoms with E-state index in [9.17, 15) is 4.79 Å². The summed E-state index contributed by atoms with van der Waals surface area (Å²) in [6, 6.07) is 7.68. The molecule has 2 aliphatic rings. The molecule has 1 aromatic rings. The van der Waals surface area contributed by atoms with Gasteiger partial charge in [0, 0.05) is 19.6 Å². The molecule has 3 rings (SSSR count). The number of nitrogen functional groups attached to an aromatic ring is 1. The highest BCUT2D eigenvalue weighted by Gasteiger charge is 2.30. The largest absolute Gasteiger partial charge is 0.397 e. The number of rotatable bonds is 5. The van der Waals surface area contributed by atoms with E-state index >= 15 is 0 Å². The molecule has 2 aliphatic heterocycles. The zero-order chi connectivity index (χ0) is 14.7. The molecule has 5 nitrogen and oxygen atoms in total. The van der Waals surface area contributed by atoms with Gasteiger partial charge in [-0.2, -0.15) is 0 Å². The molecule has 2 N–H and O–H groups in total. The summed E-state index contributed by atoms with van der Waals surface area (Å²) in [5.74, 6) is 0. The van der Waals surface area contributed by atoms with Gasteiger partial charge in [-0.3, -0.25) is 4.90 Å². The van der Waals surface area contributed by atoms with E-state index in [0.29, 0.717) is 5.69 Å². The molecule has 0 spiro atoms. The van der Waals surface area contributed by atoms with E-state index in [1.807, 2.05) is 29.2 Å². The molecule has 1 aromatic carbocycles. The van der Waals surface area contributed by atoms with Crippen molar-refractivity contribution in [3.8, 4) is 0 Å². The molecular weight excluding hydrogens is 264 g/mol. The minimum absolute atomic E-state index is 0.0920. The lowest BCUT2D eigenvalue weighted by Gasteiger charge is -2.21. The molecule has 2 saturated heterocycles. The Balaban J connectivity index is 1.52. The Morgan fingerprint density at radius 1 is 1.00 bits per heavy atom. The molecule has 2 heterocycles. The second kappa shape index (κ2) is 6.35. The van der Waals surface area contributed by atoms with Crippen molar-refractivity contribution >= 4 is 17.4 Å². The molecule has 0 unspecified atom stereocenters. The molecule has 21 heavy (non-hydrogen) atoms. The van der Waals surface area contributed by atoms with Gasteiger partial charge in [0.1, 0.15) is 0 Å². The lowest BCUT2D eigenvalue weighted by Crippen LogP contribution is -2.34. The van der Waals surface area contributed by atoms with Crippen LogP contribution < -0.4 is 10.6 Å². The smallest absolute Gasteiger partial charge is 0.324 e. The topological polar surface area (TPSA) is 52.8 Å². The van der Waals surface area contributed by atoms with Gasteiger partial charge >= 0.3 is 6.03 Å². The number of anilines is 2. The third kappa shape index (κ3) is 3.13. The highest BCUT2D eigenvalue weighted by molar-refractivity contribution is 5.97. The molecule has 0 aromatic heterocycles. The normalized spacial score (nSPS) is 19.7. The quantitative estimate of drug-likeness (QED) is 0.843. The second-order valence-electron chi connectivity index (χ2n) is 5.88. The zero-order valence-electron chi connectivity index (χ0n) is 12.5. The maximum atomic E-state index is 12.5. The van der Waals surface area contributed by atoms with Crippen molar-refractivity contribution in [3.63, 3.8) is 0 Å². The van der Waals surface area contributed by atoms with Gasteiger partial charge in [0.05, 0.1) is 11.4 Å². The summed E-state index contributed by atoms with van der Waals surface area (Å²) in [5.41, 5.74) is 7.48. The van der Waals surface area contributed by atoms with Crippen LogP contribution in [0.15, 0.2) is 24.3 Å². The van der Waals surface area contributed by atoms with Crippen molar-refractivity contribution in [2.45, 2.75) is 19.3 Å². The Kier molecular flexibility index (Phi) is 4.29. The molecule has 0 radical (unpaired) electrons. The molecule has 114 valence electrons. The number of nitrogens with zero attached hydrogens (tertiary/aromatic N) is 3. The summed E-state index contributed by atoms with van der Waals surface area (Å²) in [4.78, 5) is 18.7. The van der Waals surface area contributed by atoms with E-state index in [1.54, 1.807) is 4.90 Å².